The first kappa shape index (κ1) is 11.6. The smallest absolute Gasteiger partial charge is 0.164 e. The van der Waals surface area contributed by atoms with Crippen LogP contribution in [0, 0.1) is 0 Å². The highest BCUT2D eigenvalue weighted by Crippen LogP contribution is 2.23. The molecule has 19 heavy (non-hydrogen) atoms. The van der Waals surface area contributed by atoms with Gasteiger partial charge in [0, 0.05) is 5.56 Å². The number of rotatable bonds is 3. The van der Waals surface area contributed by atoms with Crippen molar-refractivity contribution in [2.75, 3.05) is 0 Å². The van der Waals surface area contributed by atoms with Crippen LogP contribution in [0.15, 0.2) is 54.6 Å². The van der Waals surface area contributed by atoms with E-state index in [9.17, 15) is 0 Å². The third kappa shape index (κ3) is 2.38. The molecule has 0 spiro atoms. The van der Waals surface area contributed by atoms with Gasteiger partial charge in [-0.1, -0.05) is 48.5 Å². The second-order valence-electron chi connectivity index (χ2n) is 4.25. The number of tetrazole rings is 1. The number of nitrogens with zero attached hydrogens (tertiary/aromatic N) is 4. The third-order valence-corrected chi connectivity index (χ3v) is 2.96. The van der Waals surface area contributed by atoms with E-state index in [0.717, 1.165) is 17.7 Å². The summed E-state index contributed by atoms with van der Waals surface area (Å²) in [7, 11) is 0. The van der Waals surface area contributed by atoms with Gasteiger partial charge in [0.2, 0.25) is 5.82 Å². The zero-order valence-corrected chi connectivity index (χ0v) is 10.7. The minimum absolute atomic E-state index is 0.666. The Hall–Kier alpha value is -2.49. The molecule has 0 bridgehead atoms. The molecule has 0 radical (unpaired) electrons. The van der Waals surface area contributed by atoms with Crippen LogP contribution in [0.1, 0.15) is 6.92 Å². The fourth-order valence-electron chi connectivity index (χ4n) is 1.96. The van der Waals surface area contributed by atoms with Crippen LogP contribution < -0.4 is 0 Å². The van der Waals surface area contributed by atoms with E-state index in [1.165, 1.54) is 5.56 Å². The maximum absolute atomic E-state index is 4.33. The summed E-state index contributed by atoms with van der Waals surface area (Å²) in [4.78, 5) is 1.59. The zero-order valence-electron chi connectivity index (χ0n) is 10.7. The molecule has 0 fully saturated rings. The number of benzene rings is 2. The second kappa shape index (κ2) is 5.02. The Morgan fingerprint density at radius 1 is 0.895 bits per heavy atom. The summed E-state index contributed by atoms with van der Waals surface area (Å²) in [6.07, 6.45) is 0. The van der Waals surface area contributed by atoms with Gasteiger partial charge in [-0.15, -0.1) is 10.2 Å². The van der Waals surface area contributed by atoms with E-state index in [1.54, 1.807) is 4.80 Å². The van der Waals surface area contributed by atoms with Crippen LogP contribution in [-0.2, 0) is 6.54 Å². The molecule has 4 heteroatoms. The molecule has 0 saturated carbocycles. The molecule has 3 aromatic rings. The van der Waals surface area contributed by atoms with Crippen LogP contribution in [-0.4, -0.2) is 20.2 Å². The minimum Gasteiger partial charge on any atom is -0.164 e. The molecule has 1 aromatic heterocycles. The molecule has 0 N–H and O–H groups in total. The van der Waals surface area contributed by atoms with Gasteiger partial charge in [-0.2, -0.15) is 4.80 Å². The molecule has 0 unspecified atom stereocenters. The third-order valence-electron chi connectivity index (χ3n) is 2.96. The summed E-state index contributed by atoms with van der Waals surface area (Å²) in [6.45, 7) is 2.72. The lowest BCUT2D eigenvalue weighted by Crippen LogP contribution is -1.98. The van der Waals surface area contributed by atoms with Crippen molar-refractivity contribution < 1.29 is 0 Å². The fraction of sp³-hybridized carbons (Fsp3) is 0.133. The molecular weight excluding hydrogens is 236 g/mol. The summed E-state index contributed by atoms with van der Waals surface area (Å²) >= 11 is 0. The van der Waals surface area contributed by atoms with Crippen molar-refractivity contribution >= 4 is 0 Å². The van der Waals surface area contributed by atoms with Crippen LogP contribution in [0.5, 0.6) is 0 Å². The fourth-order valence-corrected chi connectivity index (χ4v) is 1.96. The maximum Gasteiger partial charge on any atom is 0.204 e. The molecule has 2 aromatic carbocycles. The summed E-state index contributed by atoms with van der Waals surface area (Å²) in [5.41, 5.74) is 3.33. The van der Waals surface area contributed by atoms with Gasteiger partial charge in [-0.3, -0.25) is 0 Å². The number of hydrogen-bond acceptors (Lipinski definition) is 3. The van der Waals surface area contributed by atoms with Gasteiger partial charge in [0.1, 0.15) is 0 Å². The molecular formula is C15H14N4. The average molecular weight is 250 g/mol. The number of hydrogen-bond donors (Lipinski definition) is 0. The lowest BCUT2D eigenvalue weighted by atomic mass is 10.0. The minimum atomic E-state index is 0.666. The highest BCUT2D eigenvalue weighted by Gasteiger charge is 2.06. The first-order valence-electron chi connectivity index (χ1n) is 6.30. The second-order valence-corrected chi connectivity index (χ2v) is 4.25. The normalized spacial score (nSPS) is 10.6. The quantitative estimate of drug-likeness (QED) is 0.717. The Labute approximate surface area is 111 Å². The monoisotopic (exact) mass is 250 g/mol. The summed E-state index contributed by atoms with van der Waals surface area (Å²) < 4.78 is 0. The van der Waals surface area contributed by atoms with Crippen molar-refractivity contribution in [3.05, 3.63) is 54.6 Å². The Bertz CT molecular complexity index is 673. The van der Waals surface area contributed by atoms with Gasteiger partial charge in [-0.25, -0.2) is 0 Å². The first-order chi connectivity index (χ1) is 9.36. The van der Waals surface area contributed by atoms with Gasteiger partial charge >= 0.3 is 0 Å². The van der Waals surface area contributed by atoms with Crippen molar-refractivity contribution in [2.45, 2.75) is 13.5 Å². The molecule has 4 nitrogen and oxygen atoms in total. The first-order valence-corrected chi connectivity index (χ1v) is 6.30. The van der Waals surface area contributed by atoms with Crippen molar-refractivity contribution in [3.8, 4) is 22.5 Å². The molecule has 0 amide bonds. The van der Waals surface area contributed by atoms with Crippen molar-refractivity contribution in [1.82, 2.24) is 20.2 Å². The standard InChI is InChI=1S/C15H14N4/c1-2-19-17-15(16-18-19)14-10-6-9-13(11-14)12-7-4-3-5-8-12/h3-11H,2H2,1H3. The Morgan fingerprint density at radius 3 is 2.37 bits per heavy atom. The van der Waals surface area contributed by atoms with E-state index >= 15 is 0 Å². The van der Waals surface area contributed by atoms with E-state index in [4.69, 9.17) is 0 Å². The van der Waals surface area contributed by atoms with Crippen molar-refractivity contribution in [2.24, 2.45) is 0 Å². The van der Waals surface area contributed by atoms with Crippen molar-refractivity contribution in [1.29, 1.82) is 0 Å². The molecule has 3 rings (SSSR count). The largest absolute Gasteiger partial charge is 0.204 e. The number of aromatic nitrogens is 4. The molecule has 0 saturated heterocycles. The lowest BCUT2D eigenvalue weighted by molar-refractivity contribution is 0.553. The van der Waals surface area contributed by atoms with E-state index in [1.807, 2.05) is 37.3 Å². The lowest BCUT2D eigenvalue weighted by Gasteiger charge is -2.02. The van der Waals surface area contributed by atoms with Gasteiger partial charge in [0.05, 0.1) is 6.54 Å². The Kier molecular flexibility index (Phi) is 3.06. The SMILES string of the molecule is CCn1nnc(-c2cccc(-c3ccccc3)c2)n1. The molecule has 94 valence electrons. The molecule has 0 aliphatic heterocycles. The van der Waals surface area contributed by atoms with Crippen molar-refractivity contribution in [3.63, 3.8) is 0 Å². The molecule has 0 atom stereocenters. The topological polar surface area (TPSA) is 43.6 Å². The average Bonchev–Trinajstić information content (AvgIpc) is 2.97. The Morgan fingerprint density at radius 2 is 1.63 bits per heavy atom. The predicted octanol–water partition coefficient (Wildman–Crippen LogP) is 3.03. The highest BCUT2D eigenvalue weighted by molar-refractivity contribution is 5.69. The van der Waals surface area contributed by atoms with Crippen LogP contribution in [0.4, 0.5) is 0 Å². The van der Waals surface area contributed by atoms with E-state index < -0.39 is 0 Å². The van der Waals surface area contributed by atoms with E-state index in [2.05, 4.69) is 39.7 Å². The number of aryl methyl sites for hydroxylation is 1. The Balaban J connectivity index is 2.00. The van der Waals surface area contributed by atoms with Crippen LogP contribution in [0.2, 0.25) is 0 Å². The molecule has 0 aliphatic rings. The predicted molar refractivity (Wildman–Crippen MR) is 74.4 cm³/mol. The molecule has 0 aliphatic carbocycles. The maximum atomic E-state index is 4.33. The summed E-state index contributed by atoms with van der Waals surface area (Å²) in [5, 5.41) is 12.4. The molecule has 1 heterocycles. The highest BCUT2D eigenvalue weighted by atomic mass is 15.6. The van der Waals surface area contributed by atoms with Crippen LogP contribution in [0.3, 0.4) is 0 Å². The summed E-state index contributed by atoms with van der Waals surface area (Å²) in [6, 6.07) is 18.5. The zero-order chi connectivity index (χ0) is 13.1. The van der Waals surface area contributed by atoms with Gasteiger partial charge in [0.15, 0.2) is 0 Å². The van der Waals surface area contributed by atoms with Gasteiger partial charge < -0.3 is 0 Å². The van der Waals surface area contributed by atoms with E-state index in [0.29, 0.717) is 5.82 Å². The van der Waals surface area contributed by atoms with E-state index in [-0.39, 0.29) is 0 Å². The van der Waals surface area contributed by atoms with Gasteiger partial charge in [-0.05, 0) is 29.3 Å². The van der Waals surface area contributed by atoms with Gasteiger partial charge in [0.25, 0.3) is 0 Å². The van der Waals surface area contributed by atoms with Crippen LogP contribution >= 0.6 is 0 Å². The summed E-state index contributed by atoms with van der Waals surface area (Å²) in [5.74, 6) is 0.666. The van der Waals surface area contributed by atoms with Crippen LogP contribution in [0.25, 0.3) is 22.5 Å².